The van der Waals surface area contributed by atoms with Crippen LogP contribution < -0.4 is 0 Å². The van der Waals surface area contributed by atoms with E-state index in [9.17, 15) is 24.5 Å². The van der Waals surface area contributed by atoms with Crippen LogP contribution in [0.1, 0.15) is 44.9 Å². The minimum absolute atomic E-state index is 0.112. The normalized spacial score (nSPS) is 13.0. The molecule has 1 aromatic carbocycles. The lowest BCUT2D eigenvalue weighted by Crippen LogP contribution is -2.30. The van der Waals surface area contributed by atoms with Crippen molar-refractivity contribution in [2.75, 3.05) is 13.2 Å². The van der Waals surface area contributed by atoms with Gasteiger partial charge in [-0.15, -0.1) is 0 Å². The van der Waals surface area contributed by atoms with Crippen LogP contribution in [-0.2, 0) is 16.1 Å². The molecule has 0 saturated carbocycles. The van der Waals surface area contributed by atoms with Gasteiger partial charge in [0.1, 0.15) is 17.9 Å². The molecule has 0 radical (unpaired) electrons. The molecule has 3 rings (SSSR count). The molecule has 1 aliphatic heterocycles. The summed E-state index contributed by atoms with van der Waals surface area (Å²) in [7, 11) is 0. The van der Waals surface area contributed by atoms with E-state index in [1.165, 1.54) is 23.4 Å². The van der Waals surface area contributed by atoms with E-state index in [0.717, 1.165) is 0 Å². The summed E-state index contributed by atoms with van der Waals surface area (Å²) < 4.78 is 6.38. The minimum atomic E-state index is -0.564. The second-order valence-electron chi connectivity index (χ2n) is 6.67. The number of fused-ring (bicyclic) bond motifs is 1. The SMILES string of the molecule is Cc1nn(CC(=O)OCCCCN2C(=O)c3ccccc3C2=O)c(C)c1[N+](=O)[O-]. The van der Waals surface area contributed by atoms with Crippen molar-refractivity contribution in [1.29, 1.82) is 0 Å². The van der Waals surface area contributed by atoms with Crippen LogP contribution in [0.4, 0.5) is 5.69 Å². The number of ether oxygens (including phenoxy) is 1. The first-order valence-corrected chi connectivity index (χ1v) is 9.10. The highest BCUT2D eigenvalue weighted by atomic mass is 16.6. The van der Waals surface area contributed by atoms with Gasteiger partial charge in [0.2, 0.25) is 0 Å². The lowest BCUT2D eigenvalue weighted by molar-refractivity contribution is -0.386. The van der Waals surface area contributed by atoms with Gasteiger partial charge in [-0.3, -0.25) is 34.1 Å². The Balaban J connectivity index is 1.43. The highest BCUT2D eigenvalue weighted by molar-refractivity contribution is 6.21. The topological polar surface area (TPSA) is 125 Å². The Hall–Kier alpha value is -3.56. The van der Waals surface area contributed by atoms with Crippen molar-refractivity contribution in [2.45, 2.75) is 33.2 Å². The molecule has 0 atom stereocenters. The van der Waals surface area contributed by atoms with E-state index in [0.29, 0.717) is 24.0 Å². The zero-order chi connectivity index (χ0) is 21.1. The number of rotatable bonds is 8. The lowest BCUT2D eigenvalue weighted by atomic mass is 10.1. The third kappa shape index (κ3) is 4.00. The van der Waals surface area contributed by atoms with Crippen LogP contribution >= 0.6 is 0 Å². The summed E-state index contributed by atoms with van der Waals surface area (Å²) in [5, 5.41) is 15.0. The molecule has 10 nitrogen and oxygen atoms in total. The van der Waals surface area contributed by atoms with E-state index >= 15 is 0 Å². The van der Waals surface area contributed by atoms with Gasteiger partial charge in [-0.1, -0.05) is 12.1 Å². The average Bonchev–Trinajstić information content (AvgIpc) is 3.09. The van der Waals surface area contributed by atoms with Gasteiger partial charge in [0.25, 0.3) is 11.8 Å². The molecule has 0 spiro atoms. The Bertz CT molecular complexity index is 962. The Labute approximate surface area is 166 Å². The highest BCUT2D eigenvalue weighted by Gasteiger charge is 2.34. The average molecular weight is 400 g/mol. The number of nitro groups is 1. The van der Waals surface area contributed by atoms with Gasteiger partial charge in [-0.25, -0.2) is 0 Å². The van der Waals surface area contributed by atoms with Crippen molar-refractivity contribution in [3.05, 3.63) is 56.9 Å². The smallest absolute Gasteiger partial charge is 0.327 e. The van der Waals surface area contributed by atoms with Crippen LogP contribution in [0.3, 0.4) is 0 Å². The van der Waals surface area contributed by atoms with Crippen LogP contribution in [0, 0.1) is 24.0 Å². The fourth-order valence-electron chi connectivity index (χ4n) is 3.27. The van der Waals surface area contributed by atoms with Gasteiger partial charge >= 0.3 is 11.7 Å². The maximum Gasteiger partial charge on any atom is 0.327 e. The lowest BCUT2D eigenvalue weighted by Gasteiger charge is -2.13. The number of benzene rings is 1. The molecule has 2 amide bonds. The third-order valence-corrected chi connectivity index (χ3v) is 4.72. The zero-order valence-corrected chi connectivity index (χ0v) is 16.1. The van der Waals surface area contributed by atoms with Gasteiger partial charge in [0.05, 0.1) is 22.7 Å². The number of amides is 2. The Morgan fingerprint density at radius 2 is 1.76 bits per heavy atom. The molecular weight excluding hydrogens is 380 g/mol. The quantitative estimate of drug-likeness (QED) is 0.218. The molecule has 29 heavy (non-hydrogen) atoms. The number of esters is 1. The number of carbonyl (C=O) groups is 3. The molecule has 1 aliphatic rings. The molecule has 10 heteroatoms. The number of aryl methyl sites for hydroxylation is 1. The Kier molecular flexibility index (Phi) is 5.71. The largest absolute Gasteiger partial charge is 0.464 e. The molecule has 1 aromatic heterocycles. The summed E-state index contributed by atoms with van der Waals surface area (Å²) in [6.45, 7) is 3.16. The highest BCUT2D eigenvalue weighted by Crippen LogP contribution is 2.23. The van der Waals surface area contributed by atoms with E-state index in [1.54, 1.807) is 24.3 Å². The summed E-state index contributed by atoms with van der Waals surface area (Å²) in [4.78, 5) is 48.1. The van der Waals surface area contributed by atoms with Gasteiger partial charge in [0.15, 0.2) is 0 Å². The van der Waals surface area contributed by atoms with E-state index in [4.69, 9.17) is 4.74 Å². The van der Waals surface area contributed by atoms with Crippen LogP contribution in [0.25, 0.3) is 0 Å². The second-order valence-corrected chi connectivity index (χ2v) is 6.67. The van der Waals surface area contributed by atoms with Crippen molar-refractivity contribution in [3.8, 4) is 0 Å². The van der Waals surface area contributed by atoms with E-state index in [-0.39, 0.29) is 48.6 Å². The van der Waals surface area contributed by atoms with Crippen LogP contribution in [0.15, 0.2) is 24.3 Å². The maximum atomic E-state index is 12.3. The zero-order valence-electron chi connectivity index (χ0n) is 16.1. The first-order valence-electron chi connectivity index (χ1n) is 9.10. The molecule has 0 aliphatic carbocycles. The van der Waals surface area contributed by atoms with Crippen molar-refractivity contribution < 1.29 is 24.0 Å². The van der Waals surface area contributed by atoms with Crippen molar-refractivity contribution in [2.24, 2.45) is 0 Å². The fourth-order valence-corrected chi connectivity index (χ4v) is 3.27. The molecule has 0 fully saturated rings. The fraction of sp³-hybridized carbons (Fsp3) is 0.368. The number of hydrogen-bond acceptors (Lipinski definition) is 7. The maximum absolute atomic E-state index is 12.3. The summed E-state index contributed by atoms with van der Waals surface area (Å²) in [5.74, 6) is -1.19. The number of imide groups is 1. The summed E-state index contributed by atoms with van der Waals surface area (Å²) in [6.07, 6.45) is 0.959. The van der Waals surface area contributed by atoms with E-state index in [2.05, 4.69) is 5.10 Å². The van der Waals surface area contributed by atoms with Gasteiger partial charge in [-0.2, -0.15) is 5.10 Å². The van der Waals surface area contributed by atoms with Gasteiger partial charge in [-0.05, 0) is 38.8 Å². The molecule has 0 saturated heterocycles. The predicted molar refractivity (Wildman–Crippen MR) is 100 cm³/mol. The third-order valence-electron chi connectivity index (χ3n) is 4.72. The number of hydrogen-bond donors (Lipinski definition) is 0. The second kappa shape index (κ2) is 8.21. The summed E-state index contributed by atoms with van der Waals surface area (Å²) in [6, 6.07) is 6.68. The van der Waals surface area contributed by atoms with Crippen LogP contribution in [0.5, 0.6) is 0 Å². The van der Waals surface area contributed by atoms with Crippen molar-refractivity contribution >= 4 is 23.5 Å². The van der Waals surface area contributed by atoms with Gasteiger partial charge < -0.3 is 4.74 Å². The van der Waals surface area contributed by atoms with Gasteiger partial charge in [0, 0.05) is 6.54 Å². The first kappa shape index (κ1) is 20.2. The minimum Gasteiger partial charge on any atom is -0.464 e. The number of nitrogens with zero attached hydrogens (tertiary/aromatic N) is 4. The monoisotopic (exact) mass is 400 g/mol. The standard InChI is InChI=1S/C19H20N4O6/c1-12-17(23(27)28)13(2)22(20-12)11-16(24)29-10-6-5-9-21-18(25)14-7-3-4-8-15(14)19(21)26/h3-4,7-8H,5-6,9-11H2,1-2H3. The summed E-state index contributed by atoms with van der Waals surface area (Å²) in [5.41, 5.74) is 1.22. The van der Waals surface area contributed by atoms with Crippen LogP contribution in [-0.4, -0.2) is 50.5 Å². The van der Waals surface area contributed by atoms with E-state index < -0.39 is 10.9 Å². The molecule has 0 unspecified atom stereocenters. The van der Waals surface area contributed by atoms with Crippen LogP contribution in [0.2, 0.25) is 0 Å². The summed E-state index contributed by atoms with van der Waals surface area (Å²) >= 11 is 0. The Morgan fingerprint density at radius 1 is 1.14 bits per heavy atom. The Morgan fingerprint density at radius 3 is 2.31 bits per heavy atom. The predicted octanol–water partition coefficient (Wildman–Crippen LogP) is 2.03. The number of aromatic nitrogens is 2. The van der Waals surface area contributed by atoms with Crippen molar-refractivity contribution in [1.82, 2.24) is 14.7 Å². The molecular formula is C19H20N4O6. The molecule has 0 bridgehead atoms. The number of unbranched alkanes of at least 4 members (excludes halogenated alkanes) is 1. The molecule has 152 valence electrons. The molecule has 2 aromatic rings. The first-order chi connectivity index (χ1) is 13.8. The molecule has 2 heterocycles. The van der Waals surface area contributed by atoms with Crippen molar-refractivity contribution in [3.63, 3.8) is 0 Å². The number of carbonyl (C=O) groups excluding carboxylic acids is 3. The van der Waals surface area contributed by atoms with E-state index in [1.807, 2.05) is 0 Å². The molecule has 0 N–H and O–H groups in total.